The van der Waals surface area contributed by atoms with Crippen LogP contribution in [0.1, 0.15) is 21.6 Å². The summed E-state index contributed by atoms with van der Waals surface area (Å²) in [4.78, 5) is 27.6. The third-order valence-electron chi connectivity index (χ3n) is 5.46. The summed E-state index contributed by atoms with van der Waals surface area (Å²) in [5, 5.41) is 15.4. The lowest BCUT2D eigenvalue weighted by Gasteiger charge is -2.34. The maximum atomic E-state index is 12.8. The molecule has 32 heavy (non-hydrogen) atoms. The Bertz CT molecular complexity index is 1090. The Hall–Kier alpha value is -3.72. The minimum absolute atomic E-state index is 0.0253. The molecule has 0 radical (unpaired) electrons. The van der Waals surface area contributed by atoms with E-state index in [4.69, 9.17) is 4.74 Å². The summed E-state index contributed by atoms with van der Waals surface area (Å²) in [6.45, 7) is 5.83. The molecule has 9 nitrogen and oxygen atoms in total. The average molecular weight is 435 g/mol. The van der Waals surface area contributed by atoms with Crippen LogP contribution in [0.3, 0.4) is 0 Å². The van der Waals surface area contributed by atoms with Gasteiger partial charge >= 0.3 is 5.69 Å². The second-order valence-corrected chi connectivity index (χ2v) is 7.79. The molecule has 2 aromatic carbocycles. The fraction of sp³-hybridized carbons (Fsp3) is 0.304. The number of hydrogen-bond donors (Lipinski definition) is 0. The van der Waals surface area contributed by atoms with E-state index in [9.17, 15) is 14.9 Å². The van der Waals surface area contributed by atoms with Crippen molar-refractivity contribution < 1.29 is 14.5 Å². The third-order valence-corrected chi connectivity index (χ3v) is 5.46. The number of benzene rings is 2. The van der Waals surface area contributed by atoms with Gasteiger partial charge in [-0.1, -0.05) is 42.0 Å². The molecule has 1 amide bonds. The molecule has 0 aliphatic carbocycles. The van der Waals surface area contributed by atoms with E-state index in [0.717, 1.165) is 19.6 Å². The third kappa shape index (κ3) is 5.12. The highest BCUT2D eigenvalue weighted by molar-refractivity contribution is 5.92. The van der Waals surface area contributed by atoms with Crippen molar-refractivity contribution in [3.05, 3.63) is 87.7 Å². The molecule has 1 aromatic heterocycles. The van der Waals surface area contributed by atoms with Gasteiger partial charge in [-0.15, -0.1) is 0 Å². The van der Waals surface area contributed by atoms with Crippen molar-refractivity contribution in [2.45, 2.75) is 20.2 Å². The minimum atomic E-state index is -0.494. The van der Waals surface area contributed by atoms with E-state index in [2.05, 4.69) is 41.2 Å². The summed E-state index contributed by atoms with van der Waals surface area (Å²) < 4.78 is 6.98. The number of rotatable bonds is 7. The van der Waals surface area contributed by atoms with Gasteiger partial charge in [0.2, 0.25) is 0 Å². The Balaban J connectivity index is 1.29. The van der Waals surface area contributed by atoms with Gasteiger partial charge < -0.3 is 9.64 Å². The molecule has 1 aliphatic heterocycles. The van der Waals surface area contributed by atoms with Crippen molar-refractivity contribution in [1.29, 1.82) is 0 Å². The van der Waals surface area contributed by atoms with Crippen LogP contribution in [0.25, 0.3) is 0 Å². The van der Waals surface area contributed by atoms with E-state index in [1.165, 1.54) is 27.9 Å². The van der Waals surface area contributed by atoms with Crippen LogP contribution in [0, 0.1) is 17.0 Å². The first-order valence-electron chi connectivity index (χ1n) is 10.5. The molecule has 166 valence electrons. The zero-order chi connectivity index (χ0) is 22.5. The molecule has 1 saturated heterocycles. The molecule has 0 bridgehead atoms. The Labute approximate surface area is 186 Å². The van der Waals surface area contributed by atoms with Gasteiger partial charge in [-0.25, -0.2) is 4.68 Å². The van der Waals surface area contributed by atoms with Crippen LogP contribution in [-0.2, 0) is 13.3 Å². The first-order valence-corrected chi connectivity index (χ1v) is 10.5. The van der Waals surface area contributed by atoms with Crippen molar-refractivity contribution >= 4 is 11.6 Å². The number of carbonyl (C=O) groups is 1. The average Bonchev–Trinajstić information content (AvgIpc) is 3.28. The molecular formula is C23H25N5O4. The lowest BCUT2D eigenvalue weighted by atomic mass is 10.1. The zero-order valence-corrected chi connectivity index (χ0v) is 17.9. The number of amides is 1. The molecule has 0 N–H and O–H groups in total. The SMILES string of the molecule is Cc1ccc(CN2CCN(C(=O)c3ccn(COc4ccccc4[N+](=O)[O-])n3)CC2)cc1. The summed E-state index contributed by atoms with van der Waals surface area (Å²) in [6.07, 6.45) is 1.63. The number of carbonyl (C=O) groups excluding carboxylic acids is 1. The number of nitrogens with zero attached hydrogens (tertiary/aromatic N) is 5. The monoisotopic (exact) mass is 435 g/mol. The molecule has 9 heteroatoms. The molecular weight excluding hydrogens is 410 g/mol. The number of nitro groups is 1. The van der Waals surface area contributed by atoms with Crippen LogP contribution < -0.4 is 4.74 Å². The number of ether oxygens (including phenoxy) is 1. The predicted molar refractivity (Wildman–Crippen MR) is 118 cm³/mol. The van der Waals surface area contributed by atoms with Crippen molar-refractivity contribution in [3.63, 3.8) is 0 Å². The van der Waals surface area contributed by atoms with Crippen LogP contribution in [-0.4, -0.2) is 56.6 Å². The summed E-state index contributed by atoms with van der Waals surface area (Å²) in [5.41, 5.74) is 2.74. The van der Waals surface area contributed by atoms with Crippen LogP contribution in [0.2, 0.25) is 0 Å². The Morgan fingerprint density at radius 2 is 1.78 bits per heavy atom. The number of hydrogen-bond acceptors (Lipinski definition) is 6. The lowest BCUT2D eigenvalue weighted by Crippen LogP contribution is -2.48. The highest BCUT2D eigenvalue weighted by atomic mass is 16.6. The van der Waals surface area contributed by atoms with Crippen molar-refractivity contribution in [2.75, 3.05) is 26.2 Å². The molecule has 1 fully saturated rings. The predicted octanol–water partition coefficient (Wildman–Crippen LogP) is 3.09. The first kappa shape index (κ1) is 21.5. The molecule has 4 rings (SSSR count). The highest BCUT2D eigenvalue weighted by Gasteiger charge is 2.24. The van der Waals surface area contributed by atoms with Gasteiger partial charge in [0, 0.05) is 45.0 Å². The van der Waals surface area contributed by atoms with Crippen molar-refractivity contribution in [2.24, 2.45) is 0 Å². The normalized spacial score (nSPS) is 14.3. The van der Waals surface area contributed by atoms with Gasteiger partial charge in [-0.2, -0.15) is 5.10 Å². The number of para-hydroxylation sites is 2. The van der Waals surface area contributed by atoms with E-state index < -0.39 is 4.92 Å². The van der Waals surface area contributed by atoms with E-state index >= 15 is 0 Å². The molecule has 0 spiro atoms. The van der Waals surface area contributed by atoms with Gasteiger partial charge in [0.1, 0.15) is 0 Å². The topological polar surface area (TPSA) is 93.7 Å². The van der Waals surface area contributed by atoms with Crippen molar-refractivity contribution in [1.82, 2.24) is 19.6 Å². The fourth-order valence-electron chi connectivity index (χ4n) is 3.64. The molecule has 0 atom stereocenters. The van der Waals surface area contributed by atoms with Gasteiger partial charge in [0.25, 0.3) is 5.91 Å². The number of nitro benzene ring substituents is 1. The van der Waals surface area contributed by atoms with Gasteiger partial charge in [0.15, 0.2) is 18.2 Å². The minimum Gasteiger partial charge on any atom is -0.464 e. The van der Waals surface area contributed by atoms with Gasteiger partial charge in [-0.3, -0.25) is 19.8 Å². The van der Waals surface area contributed by atoms with E-state index in [1.807, 2.05) is 0 Å². The molecule has 1 aliphatic rings. The quantitative estimate of drug-likeness (QED) is 0.418. The summed E-state index contributed by atoms with van der Waals surface area (Å²) in [7, 11) is 0. The van der Waals surface area contributed by atoms with Crippen LogP contribution in [0.15, 0.2) is 60.8 Å². The molecule has 0 saturated carbocycles. The Morgan fingerprint density at radius 1 is 1.06 bits per heavy atom. The van der Waals surface area contributed by atoms with Gasteiger partial charge in [-0.05, 0) is 24.6 Å². The molecule has 0 unspecified atom stereocenters. The Kier molecular flexibility index (Phi) is 6.46. The molecule has 3 aromatic rings. The largest absolute Gasteiger partial charge is 0.464 e. The second kappa shape index (κ2) is 9.61. The number of aromatic nitrogens is 2. The smallest absolute Gasteiger partial charge is 0.311 e. The lowest BCUT2D eigenvalue weighted by molar-refractivity contribution is -0.386. The molecule has 2 heterocycles. The van der Waals surface area contributed by atoms with Crippen LogP contribution in [0.5, 0.6) is 5.75 Å². The standard InChI is InChI=1S/C23H25N5O4/c1-18-6-8-19(9-7-18)16-25-12-14-26(15-13-25)23(29)20-10-11-27(24-20)17-32-22-5-3-2-4-21(22)28(30)31/h2-11H,12-17H2,1H3. The number of piperazine rings is 1. The fourth-order valence-corrected chi connectivity index (χ4v) is 3.64. The zero-order valence-electron chi connectivity index (χ0n) is 17.9. The second-order valence-electron chi connectivity index (χ2n) is 7.79. The maximum absolute atomic E-state index is 12.8. The van der Waals surface area contributed by atoms with Crippen LogP contribution >= 0.6 is 0 Å². The number of aryl methyl sites for hydroxylation is 1. The summed E-state index contributed by atoms with van der Waals surface area (Å²) in [6, 6.07) is 16.3. The van der Waals surface area contributed by atoms with E-state index in [0.29, 0.717) is 18.8 Å². The summed E-state index contributed by atoms with van der Waals surface area (Å²) in [5.74, 6) is 0.0370. The first-order chi connectivity index (χ1) is 15.5. The Morgan fingerprint density at radius 3 is 2.50 bits per heavy atom. The summed E-state index contributed by atoms with van der Waals surface area (Å²) >= 11 is 0. The maximum Gasteiger partial charge on any atom is 0.311 e. The highest BCUT2D eigenvalue weighted by Crippen LogP contribution is 2.26. The van der Waals surface area contributed by atoms with E-state index in [-0.39, 0.29) is 24.1 Å². The van der Waals surface area contributed by atoms with E-state index in [1.54, 1.807) is 29.3 Å². The van der Waals surface area contributed by atoms with Crippen molar-refractivity contribution in [3.8, 4) is 5.75 Å². The van der Waals surface area contributed by atoms with Gasteiger partial charge in [0.05, 0.1) is 4.92 Å². The van der Waals surface area contributed by atoms with Crippen LogP contribution in [0.4, 0.5) is 5.69 Å².